The number of benzene rings is 1. The van der Waals surface area contributed by atoms with E-state index < -0.39 is 4.92 Å². The van der Waals surface area contributed by atoms with Crippen LogP contribution in [0.4, 0.5) is 11.7 Å². The zero-order valence-corrected chi connectivity index (χ0v) is 12.0. The van der Waals surface area contributed by atoms with E-state index in [2.05, 4.69) is 17.2 Å². The van der Waals surface area contributed by atoms with Gasteiger partial charge in [0.1, 0.15) is 5.52 Å². The largest absolute Gasteiger partial charge is 0.423 e. The average Bonchev–Trinajstić information content (AvgIpc) is 2.88. The highest BCUT2D eigenvalue weighted by Crippen LogP contribution is 2.30. The van der Waals surface area contributed by atoms with Crippen LogP contribution < -0.4 is 5.32 Å². The summed E-state index contributed by atoms with van der Waals surface area (Å²) < 4.78 is 5.60. The van der Waals surface area contributed by atoms with E-state index >= 15 is 0 Å². The Hall–Kier alpha value is -2.11. The highest BCUT2D eigenvalue weighted by atomic mass is 16.6. The van der Waals surface area contributed by atoms with Crippen molar-refractivity contribution in [3.63, 3.8) is 0 Å². The van der Waals surface area contributed by atoms with Gasteiger partial charge in [-0.15, -0.1) is 0 Å². The van der Waals surface area contributed by atoms with E-state index in [9.17, 15) is 10.1 Å². The van der Waals surface area contributed by atoms with Gasteiger partial charge in [0.05, 0.1) is 11.0 Å². The zero-order chi connectivity index (χ0) is 14.8. The Balaban J connectivity index is 1.76. The number of anilines is 1. The Morgan fingerprint density at radius 3 is 3.10 bits per heavy atom. The second kappa shape index (κ2) is 5.71. The molecule has 1 fully saturated rings. The van der Waals surface area contributed by atoms with Crippen molar-refractivity contribution < 1.29 is 9.34 Å². The fraction of sp³-hybridized carbons (Fsp3) is 0.533. The molecule has 112 valence electrons. The van der Waals surface area contributed by atoms with E-state index in [4.69, 9.17) is 4.42 Å². The third-order valence-electron chi connectivity index (χ3n) is 4.27. The van der Waals surface area contributed by atoms with Gasteiger partial charge in [-0.3, -0.25) is 10.1 Å². The van der Waals surface area contributed by atoms with Crippen molar-refractivity contribution in [2.24, 2.45) is 5.92 Å². The van der Waals surface area contributed by atoms with E-state index in [-0.39, 0.29) is 5.69 Å². The first-order chi connectivity index (χ1) is 10.2. The van der Waals surface area contributed by atoms with Crippen LogP contribution in [-0.4, -0.2) is 15.9 Å². The Labute approximate surface area is 122 Å². The Morgan fingerprint density at radius 2 is 2.33 bits per heavy atom. The number of nitro benzene ring substituents is 1. The molecule has 2 unspecified atom stereocenters. The molecule has 0 bridgehead atoms. The summed E-state index contributed by atoms with van der Waals surface area (Å²) in [6, 6.07) is 5.34. The lowest BCUT2D eigenvalue weighted by atomic mass is 9.84. The van der Waals surface area contributed by atoms with Crippen molar-refractivity contribution in [1.29, 1.82) is 0 Å². The predicted octanol–water partition coefficient (Wildman–Crippen LogP) is 4.12. The minimum atomic E-state index is -0.429. The lowest BCUT2D eigenvalue weighted by Crippen LogP contribution is -2.27. The number of rotatable bonds is 4. The molecule has 1 heterocycles. The van der Waals surface area contributed by atoms with Gasteiger partial charge >= 0.3 is 0 Å². The molecule has 0 aliphatic heterocycles. The second-order valence-corrected chi connectivity index (χ2v) is 5.71. The molecule has 2 atom stereocenters. The van der Waals surface area contributed by atoms with Crippen LogP contribution in [0, 0.1) is 16.0 Å². The summed E-state index contributed by atoms with van der Waals surface area (Å²) in [5.74, 6) is 0.765. The van der Waals surface area contributed by atoms with E-state index in [0.29, 0.717) is 23.2 Å². The van der Waals surface area contributed by atoms with Crippen molar-refractivity contribution in [3.05, 3.63) is 28.3 Å². The molecule has 0 spiro atoms. The van der Waals surface area contributed by atoms with Gasteiger partial charge in [0.25, 0.3) is 11.7 Å². The van der Waals surface area contributed by atoms with Crippen LogP contribution in [-0.2, 0) is 0 Å². The number of hydrogen-bond donors (Lipinski definition) is 1. The van der Waals surface area contributed by atoms with E-state index in [1.807, 2.05) is 0 Å². The molecule has 1 aromatic carbocycles. The average molecular weight is 289 g/mol. The number of nitrogens with one attached hydrogen (secondary N) is 1. The number of fused-ring (bicyclic) bond motifs is 1. The molecular formula is C15H19N3O3. The van der Waals surface area contributed by atoms with Crippen LogP contribution in [0.25, 0.3) is 11.1 Å². The third-order valence-corrected chi connectivity index (χ3v) is 4.27. The van der Waals surface area contributed by atoms with Crippen LogP contribution in [0.15, 0.2) is 22.6 Å². The topological polar surface area (TPSA) is 81.2 Å². The molecule has 3 rings (SSSR count). The van der Waals surface area contributed by atoms with Crippen LogP contribution in [0.2, 0.25) is 0 Å². The van der Waals surface area contributed by atoms with Crippen molar-refractivity contribution in [3.8, 4) is 0 Å². The molecule has 21 heavy (non-hydrogen) atoms. The third kappa shape index (κ3) is 2.99. The summed E-state index contributed by atoms with van der Waals surface area (Å²) in [5, 5.41) is 14.1. The lowest BCUT2D eigenvalue weighted by Gasteiger charge is -2.28. The van der Waals surface area contributed by atoms with E-state index in [1.54, 1.807) is 6.07 Å². The minimum Gasteiger partial charge on any atom is -0.423 e. The summed E-state index contributed by atoms with van der Waals surface area (Å²) in [5.41, 5.74) is 1.12. The number of aromatic nitrogens is 1. The second-order valence-electron chi connectivity index (χ2n) is 5.71. The van der Waals surface area contributed by atoms with Crippen LogP contribution in [0.3, 0.4) is 0 Å². The highest BCUT2D eigenvalue weighted by molar-refractivity contribution is 5.77. The standard InChI is InChI=1S/C15H19N3O3/c1-2-10-4-3-5-11(8-10)16-15-17-13-7-6-12(18(19)20)9-14(13)21-15/h6-7,9-11H,2-5,8H2,1H3,(H,16,17). The first-order valence-electron chi connectivity index (χ1n) is 7.47. The summed E-state index contributed by atoms with van der Waals surface area (Å²) in [6.07, 6.45) is 5.99. The molecule has 1 aromatic heterocycles. The molecule has 1 N–H and O–H groups in total. The molecule has 6 nitrogen and oxygen atoms in total. The summed E-state index contributed by atoms with van der Waals surface area (Å²) in [7, 11) is 0. The van der Waals surface area contributed by atoms with Crippen molar-refractivity contribution in [1.82, 2.24) is 4.98 Å². The van der Waals surface area contributed by atoms with Gasteiger partial charge in [0.2, 0.25) is 0 Å². The Morgan fingerprint density at radius 1 is 1.48 bits per heavy atom. The normalized spacial score (nSPS) is 22.3. The summed E-state index contributed by atoms with van der Waals surface area (Å²) in [6.45, 7) is 2.23. The molecule has 1 saturated carbocycles. The van der Waals surface area contributed by atoms with E-state index in [1.165, 1.54) is 31.4 Å². The minimum absolute atomic E-state index is 0.0221. The first-order valence-corrected chi connectivity index (χ1v) is 7.47. The fourth-order valence-electron chi connectivity index (χ4n) is 3.06. The first kappa shape index (κ1) is 13.9. The quantitative estimate of drug-likeness (QED) is 0.676. The van der Waals surface area contributed by atoms with Crippen LogP contribution in [0.5, 0.6) is 0 Å². The number of nitrogens with zero attached hydrogens (tertiary/aromatic N) is 2. The fourth-order valence-corrected chi connectivity index (χ4v) is 3.06. The van der Waals surface area contributed by atoms with Gasteiger partial charge in [-0.1, -0.05) is 26.2 Å². The molecule has 0 saturated heterocycles. The summed E-state index contributed by atoms with van der Waals surface area (Å²) in [4.78, 5) is 14.7. The summed E-state index contributed by atoms with van der Waals surface area (Å²) >= 11 is 0. The van der Waals surface area contributed by atoms with Crippen molar-refractivity contribution in [2.45, 2.75) is 45.1 Å². The Bertz CT molecular complexity index is 653. The van der Waals surface area contributed by atoms with Gasteiger partial charge in [-0.05, 0) is 24.8 Å². The van der Waals surface area contributed by atoms with Crippen molar-refractivity contribution in [2.75, 3.05) is 5.32 Å². The SMILES string of the molecule is CCC1CCCC(Nc2nc3ccc([N+](=O)[O-])cc3o2)C1. The predicted molar refractivity (Wildman–Crippen MR) is 80.3 cm³/mol. The highest BCUT2D eigenvalue weighted by Gasteiger charge is 2.22. The molecule has 6 heteroatoms. The smallest absolute Gasteiger partial charge is 0.295 e. The number of non-ortho nitro benzene ring substituents is 1. The maximum Gasteiger partial charge on any atom is 0.295 e. The maximum absolute atomic E-state index is 10.8. The Kier molecular flexibility index (Phi) is 3.77. The molecular weight excluding hydrogens is 270 g/mol. The van der Waals surface area contributed by atoms with Gasteiger partial charge in [0.15, 0.2) is 5.58 Å². The molecule has 0 radical (unpaired) electrons. The van der Waals surface area contributed by atoms with Gasteiger partial charge < -0.3 is 9.73 Å². The van der Waals surface area contributed by atoms with Gasteiger partial charge in [-0.2, -0.15) is 4.98 Å². The number of oxazole rings is 1. The maximum atomic E-state index is 10.8. The van der Waals surface area contributed by atoms with Gasteiger partial charge in [-0.25, -0.2) is 0 Å². The van der Waals surface area contributed by atoms with Crippen LogP contribution >= 0.6 is 0 Å². The monoisotopic (exact) mass is 289 g/mol. The van der Waals surface area contributed by atoms with Gasteiger partial charge in [0, 0.05) is 12.1 Å². The van der Waals surface area contributed by atoms with E-state index in [0.717, 1.165) is 18.8 Å². The number of hydrogen-bond acceptors (Lipinski definition) is 5. The molecule has 1 aliphatic rings. The van der Waals surface area contributed by atoms with Crippen molar-refractivity contribution >= 4 is 22.8 Å². The molecule has 1 aliphatic carbocycles. The zero-order valence-electron chi connectivity index (χ0n) is 12.0. The molecule has 0 amide bonds. The number of nitro groups is 1. The lowest BCUT2D eigenvalue weighted by molar-refractivity contribution is -0.384. The van der Waals surface area contributed by atoms with Crippen LogP contribution in [0.1, 0.15) is 39.0 Å². The molecule has 2 aromatic rings.